The molecule has 0 amide bonds. The van der Waals surface area contributed by atoms with Crippen LogP contribution >= 0.6 is 0 Å². The lowest BCUT2D eigenvalue weighted by molar-refractivity contribution is 0.0192. The maximum absolute atomic E-state index is 10.5. The van der Waals surface area contributed by atoms with E-state index < -0.39 is 25.6 Å². The van der Waals surface area contributed by atoms with E-state index in [1.807, 2.05) is 0 Å². The van der Waals surface area contributed by atoms with Gasteiger partial charge in [-0.1, -0.05) is 0 Å². The standard InChI is InChI=1S/C4H6O3/c5-4-6-2-1-3-7-4/h1-3H2/i1D2,2D2,3D2. The average Bonchev–Trinajstić information content (AvgIpc) is 1.80. The van der Waals surface area contributed by atoms with Gasteiger partial charge in [0.25, 0.3) is 0 Å². The Kier molecular flexibility index (Phi) is 0.300. The largest absolute Gasteiger partial charge is 0.508 e. The zero-order valence-corrected chi connectivity index (χ0v) is 3.22. The zero-order valence-electron chi connectivity index (χ0n) is 9.22. The highest BCUT2D eigenvalue weighted by Gasteiger charge is 2.07. The first-order valence-corrected chi connectivity index (χ1v) is 1.52. The molecule has 1 saturated heterocycles. The van der Waals surface area contributed by atoms with E-state index in [4.69, 9.17) is 8.22 Å². The van der Waals surface area contributed by atoms with Gasteiger partial charge < -0.3 is 9.47 Å². The molecule has 0 N–H and O–H groups in total. The van der Waals surface area contributed by atoms with E-state index in [0.29, 0.717) is 0 Å². The summed E-state index contributed by atoms with van der Waals surface area (Å²) in [6.07, 6.45) is -4.61. The van der Waals surface area contributed by atoms with Gasteiger partial charge in [-0.3, -0.25) is 0 Å². The maximum Gasteiger partial charge on any atom is 0.508 e. The number of carbonyl (C=O) groups is 1. The van der Waals surface area contributed by atoms with Crippen LogP contribution in [0.25, 0.3) is 0 Å². The van der Waals surface area contributed by atoms with E-state index in [9.17, 15) is 4.79 Å². The van der Waals surface area contributed by atoms with Gasteiger partial charge in [0, 0.05) is 9.11 Å². The second-order valence-corrected chi connectivity index (χ2v) is 0.783. The molecule has 0 saturated carbocycles. The van der Waals surface area contributed by atoms with Crippen molar-refractivity contribution < 1.29 is 22.5 Å². The van der Waals surface area contributed by atoms with Gasteiger partial charge in [-0.15, -0.1) is 0 Å². The van der Waals surface area contributed by atoms with Crippen molar-refractivity contribution in [3.63, 3.8) is 0 Å². The van der Waals surface area contributed by atoms with Crippen molar-refractivity contribution in [3.8, 4) is 0 Å². The van der Waals surface area contributed by atoms with Crippen molar-refractivity contribution >= 4 is 6.16 Å². The second-order valence-electron chi connectivity index (χ2n) is 0.783. The summed E-state index contributed by atoms with van der Waals surface area (Å²) in [4.78, 5) is 10.5. The molecule has 0 aliphatic carbocycles. The van der Waals surface area contributed by atoms with Crippen molar-refractivity contribution in [1.82, 2.24) is 0 Å². The topological polar surface area (TPSA) is 35.5 Å². The monoisotopic (exact) mass is 108 g/mol. The highest BCUT2D eigenvalue weighted by atomic mass is 16.7. The molecule has 40 valence electrons. The van der Waals surface area contributed by atoms with Gasteiger partial charge >= 0.3 is 6.16 Å². The van der Waals surface area contributed by atoms with Crippen LogP contribution in [0.5, 0.6) is 0 Å². The summed E-state index contributed by atoms with van der Waals surface area (Å²) in [6, 6.07) is 0. The molecule has 0 spiro atoms. The number of hydrogen-bond acceptors (Lipinski definition) is 3. The molecule has 1 rings (SSSR count). The molecular weight excluding hydrogens is 96.0 g/mol. The Labute approximate surface area is 49.6 Å². The van der Waals surface area contributed by atoms with Crippen LogP contribution in [0.4, 0.5) is 4.79 Å². The third kappa shape index (κ3) is 1.07. The first-order chi connectivity index (χ1) is 5.60. The smallest absolute Gasteiger partial charge is 0.434 e. The predicted octanol–water partition coefficient (Wildman–Crippen LogP) is 0.543. The number of cyclic esters (lactones) is 2. The molecule has 1 heterocycles. The minimum Gasteiger partial charge on any atom is -0.434 e. The van der Waals surface area contributed by atoms with E-state index in [1.54, 1.807) is 0 Å². The first kappa shape index (κ1) is 1.16. The molecule has 3 nitrogen and oxygen atoms in total. The van der Waals surface area contributed by atoms with E-state index in [2.05, 4.69) is 9.47 Å². The minimum atomic E-state index is -3.05. The molecule has 0 aromatic carbocycles. The summed E-state index contributed by atoms with van der Waals surface area (Å²) < 4.78 is 49.6. The van der Waals surface area contributed by atoms with Crippen LogP contribution in [0.1, 0.15) is 14.6 Å². The van der Waals surface area contributed by atoms with Crippen LogP contribution in [-0.2, 0) is 9.47 Å². The molecular formula is C4H6O3. The molecule has 3 heteroatoms. The van der Waals surface area contributed by atoms with Crippen molar-refractivity contribution in [1.29, 1.82) is 0 Å². The summed E-state index contributed by atoms with van der Waals surface area (Å²) >= 11 is 0. The fourth-order valence-corrected chi connectivity index (χ4v) is 0.176. The number of rotatable bonds is 0. The van der Waals surface area contributed by atoms with Crippen LogP contribution in [0, 0.1) is 0 Å². The Morgan fingerprint density at radius 2 is 2.14 bits per heavy atom. The minimum absolute atomic E-state index is 1.56. The quantitative estimate of drug-likeness (QED) is 0.425. The summed E-state index contributed by atoms with van der Waals surface area (Å²) in [6.45, 7) is -6.07. The molecule has 0 unspecified atom stereocenters. The number of ether oxygens (including phenoxy) is 2. The summed E-state index contributed by atoms with van der Waals surface area (Å²) in [5.74, 6) is 0. The summed E-state index contributed by atoms with van der Waals surface area (Å²) in [5, 5.41) is 0. The Hall–Kier alpha value is -0.730. The van der Waals surface area contributed by atoms with Crippen LogP contribution in [0.15, 0.2) is 0 Å². The summed E-state index contributed by atoms with van der Waals surface area (Å²) in [5.41, 5.74) is 0. The highest BCUT2D eigenvalue weighted by Crippen LogP contribution is 1.95. The fourth-order valence-electron chi connectivity index (χ4n) is 0.176. The van der Waals surface area contributed by atoms with Crippen LogP contribution in [0.2, 0.25) is 0 Å². The zero-order chi connectivity index (χ0) is 10.5. The molecule has 0 bridgehead atoms. The Morgan fingerprint density at radius 3 is 2.71 bits per heavy atom. The summed E-state index contributed by atoms with van der Waals surface area (Å²) in [7, 11) is 0. The molecule has 0 aromatic heterocycles. The van der Waals surface area contributed by atoms with Crippen LogP contribution < -0.4 is 0 Å². The van der Waals surface area contributed by atoms with Gasteiger partial charge in [0.2, 0.25) is 0 Å². The average molecular weight is 108 g/mol. The molecule has 0 aromatic rings. The van der Waals surface area contributed by atoms with E-state index in [-0.39, 0.29) is 0 Å². The van der Waals surface area contributed by atoms with Crippen LogP contribution in [0.3, 0.4) is 0 Å². The lowest BCUT2D eigenvalue weighted by atomic mass is 10.5. The van der Waals surface area contributed by atoms with E-state index in [0.717, 1.165) is 0 Å². The third-order valence-electron chi connectivity index (χ3n) is 0.371. The second kappa shape index (κ2) is 1.82. The fraction of sp³-hybridized carbons (Fsp3) is 0.750. The van der Waals surface area contributed by atoms with Crippen molar-refractivity contribution in [2.75, 3.05) is 13.1 Å². The first-order valence-electron chi connectivity index (χ1n) is 4.52. The van der Waals surface area contributed by atoms with Gasteiger partial charge in [0.05, 0.1) is 18.6 Å². The number of carbonyl (C=O) groups excluding carboxylic acids is 1. The molecule has 1 fully saturated rings. The van der Waals surface area contributed by atoms with Gasteiger partial charge in [0.1, 0.15) is 0 Å². The van der Waals surface area contributed by atoms with Gasteiger partial charge in [-0.05, 0) is 0 Å². The highest BCUT2D eigenvalue weighted by molar-refractivity contribution is 5.60. The predicted molar refractivity (Wildman–Crippen MR) is 21.9 cm³/mol. The Balaban J connectivity index is 3.10. The van der Waals surface area contributed by atoms with Gasteiger partial charge in [-0.25, -0.2) is 4.79 Å². The molecule has 0 radical (unpaired) electrons. The lowest BCUT2D eigenvalue weighted by Crippen LogP contribution is -2.16. The molecule has 1 aliphatic rings. The molecule has 0 atom stereocenters. The van der Waals surface area contributed by atoms with Gasteiger partial charge in [0.15, 0.2) is 0 Å². The lowest BCUT2D eigenvalue weighted by Gasteiger charge is -2.09. The van der Waals surface area contributed by atoms with E-state index >= 15 is 0 Å². The molecule has 7 heavy (non-hydrogen) atoms. The van der Waals surface area contributed by atoms with Crippen LogP contribution in [-0.4, -0.2) is 19.3 Å². The van der Waals surface area contributed by atoms with Gasteiger partial charge in [-0.2, -0.15) is 0 Å². The van der Waals surface area contributed by atoms with Crippen molar-refractivity contribution in [2.45, 2.75) is 6.37 Å². The Bertz CT molecular complexity index is 226. The normalized spacial score (nSPS) is 54.6. The maximum atomic E-state index is 10.5. The number of hydrogen-bond donors (Lipinski definition) is 0. The van der Waals surface area contributed by atoms with E-state index in [1.165, 1.54) is 0 Å². The van der Waals surface area contributed by atoms with Crippen molar-refractivity contribution in [3.05, 3.63) is 0 Å². The Morgan fingerprint density at radius 1 is 1.57 bits per heavy atom. The SMILES string of the molecule is [2H]C1([2H])OC(=O)OC([2H])([2H])C1([2H])[2H]. The van der Waals surface area contributed by atoms with Crippen molar-refractivity contribution in [2.24, 2.45) is 0 Å². The third-order valence-corrected chi connectivity index (χ3v) is 0.371. The molecule has 1 aliphatic heterocycles.